The predicted octanol–water partition coefficient (Wildman–Crippen LogP) is 2.74. The van der Waals surface area contributed by atoms with Gasteiger partial charge in [-0.15, -0.1) is 0 Å². The van der Waals surface area contributed by atoms with E-state index in [4.69, 9.17) is 9.47 Å². The zero-order valence-corrected chi connectivity index (χ0v) is 14.0. The van der Waals surface area contributed by atoms with Crippen LogP contribution in [-0.4, -0.2) is 50.7 Å². The van der Waals surface area contributed by atoms with Crippen LogP contribution in [0.5, 0.6) is 0 Å². The van der Waals surface area contributed by atoms with Gasteiger partial charge in [0.1, 0.15) is 0 Å². The Hall–Kier alpha value is -0.160. The highest BCUT2D eigenvalue weighted by Gasteiger charge is 2.31. The van der Waals surface area contributed by atoms with E-state index in [1.165, 1.54) is 32.1 Å². The number of aliphatic hydroxyl groups excluding tert-OH is 1. The summed E-state index contributed by atoms with van der Waals surface area (Å²) in [4.78, 5) is 0. The third kappa shape index (κ3) is 8.15. The summed E-state index contributed by atoms with van der Waals surface area (Å²) in [5.74, 6) is 0. The summed E-state index contributed by atoms with van der Waals surface area (Å²) >= 11 is 0. The lowest BCUT2D eigenvalue weighted by molar-refractivity contribution is 0.00321. The zero-order valence-electron chi connectivity index (χ0n) is 14.0. The number of hydrogen-bond acceptors (Lipinski definition) is 4. The summed E-state index contributed by atoms with van der Waals surface area (Å²) in [7, 11) is 0. The predicted molar refractivity (Wildman–Crippen MR) is 86.6 cm³/mol. The van der Waals surface area contributed by atoms with Crippen molar-refractivity contribution >= 4 is 0 Å². The number of aliphatic hydroxyl groups is 1. The summed E-state index contributed by atoms with van der Waals surface area (Å²) in [6.45, 7) is 8.48. The van der Waals surface area contributed by atoms with Crippen molar-refractivity contribution in [2.75, 3.05) is 39.5 Å². The van der Waals surface area contributed by atoms with E-state index in [1.807, 2.05) is 0 Å². The molecule has 1 fully saturated rings. The van der Waals surface area contributed by atoms with Crippen LogP contribution in [0.4, 0.5) is 0 Å². The van der Waals surface area contributed by atoms with E-state index in [0.717, 1.165) is 26.0 Å². The Balaban J connectivity index is 1.95. The van der Waals surface area contributed by atoms with Gasteiger partial charge in [0.05, 0.1) is 25.9 Å². The molecule has 1 saturated carbocycles. The second kappa shape index (κ2) is 11.4. The Labute approximate surface area is 130 Å². The second-order valence-electron chi connectivity index (χ2n) is 6.39. The van der Waals surface area contributed by atoms with Gasteiger partial charge >= 0.3 is 0 Å². The molecule has 0 radical (unpaired) electrons. The molecule has 4 nitrogen and oxygen atoms in total. The molecule has 1 aliphatic carbocycles. The quantitative estimate of drug-likeness (QED) is 0.514. The normalized spacial score (nSPS) is 19.0. The van der Waals surface area contributed by atoms with Crippen molar-refractivity contribution in [3.05, 3.63) is 0 Å². The number of unbranched alkanes of at least 4 members (excludes halogenated alkanes) is 1. The molecule has 1 atom stereocenters. The largest absolute Gasteiger partial charge is 0.389 e. The van der Waals surface area contributed by atoms with Crippen molar-refractivity contribution in [1.82, 2.24) is 5.32 Å². The molecule has 0 aromatic heterocycles. The molecule has 1 aliphatic rings. The fraction of sp³-hybridized carbons (Fsp3) is 1.00. The summed E-state index contributed by atoms with van der Waals surface area (Å²) in [5.41, 5.74) is 0.480. The standard InChI is InChI=1S/C17H35NO3/c1-3-5-10-20-11-12-21-14-16(19)13-18-15-17(4-2)8-6-7-9-17/h16,18-19H,3-15H2,1-2H3. The van der Waals surface area contributed by atoms with E-state index in [-0.39, 0.29) is 0 Å². The molecule has 0 heterocycles. The van der Waals surface area contributed by atoms with Crippen molar-refractivity contribution in [2.45, 2.75) is 64.9 Å². The first-order valence-electron chi connectivity index (χ1n) is 8.76. The van der Waals surface area contributed by atoms with Crippen LogP contribution in [0.2, 0.25) is 0 Å². The minimum absolute atomic E-state index is 0.392. The van der Waals surface area contributed by atoms with Gasteiger partial charge in [-0.05, 0) is 31.1 Å². The van der Waals surface area contributed by atoms with Gasteiger partial charge in [-0.3, -0.25) is 0 Å². The van der Waals surface area contributed by atoms with Gasteiger partial charge in [0, 0.05) is 19.7 Å². The van der Waals surface area contributed by atoms with E-state index in [0.29, 0.717) is 31.8 Å². The molecule has 4 heteroatoms. The maximum atomic E-state index is 9.89. The van der Waals surface area contributed by atoms with Crippen molar-refractivity contribution in [2.24, 2.45) is 5.41 Å². The highest BCUT2D eigenvalue weighted by atomic mass is 16.5. The van der Waals surface area contributed by atoms with Crippen LogP contribution >= 0.6 is 0 Å². The van der Waals surface area contributed by atoms with Crippen molar-refractivity contribution in [3.63, 3.8) is 0 Å². The first-order valence-corrected chi connectivity index (χ1v) is 8.76. The van der Waals surface area contributed by atoms with E-state index >= 15 is 0 Å². The number of rotatable bonds is 13. The van der Waals surface area contributed by atoms with Crippen LogP contribution < -0.4 is 5.32 Å². The number of hydrogen-bond donors (Lipinski definition) is 2. The Morgan fingerprint density at radius 2 is 1.81 bits per heavy atom. The molecule has 0 saturated heterocycles. The van der Waals surface area contributed by atoms with Crippen molar-refractivity contribution in [1.29, 1.82) is 0 Å². The van der Waals surface area contributed by atoms with Crippen molar-refractivity contribution in [3.8, 4) is 0 Å². The lowest BCUT2D eigenvalue weighted by Gasteiger charge is -2.28. The van der Waals surface area contributed by atoms with E-state index in [1.54, 1.807) is 0 Å². The minimum Gasteiger partial charge on any atom is -0.389 e. The summed E-state index contributed by atoms with van der Waals surface area (Å²) in [6.07, 6.45) is 8.46. The third-order valence-corrected chi connectivity index (χ3v) is 4.62. The second-order valence-corrected chi connectivity index (χ2v) is 6.39. The van der Waals surface area contributed by atoms with Crippen LogP contribution in [0, 0.1) is 5.41 Å². The lowest BCUT2D eigenvalue weighted by Crippen LogP contribution is -2.37. The van der Waals surface area contributed by atoms with Crippen LogP contribution in [0.25, 0.3) is 0 Å². The molecular formula is C17H35NO3. The van der Waals surface area contributed by atoms with Crippen LogP contribution in [-0.2, 0) is 9.47 Å². The highest BCUT2D eigenvalue weighted by Crippen LogP contribution is 2.40. The Morgan fingerprint density at radius 3 is 2.48 bits per heavy atom. The van der Waals surface area contributed by atoms with Crippen molar-refractivity contribution < 1.29 is 14.6 Å². The number of nitrogens with one attached hydrogen (secondary N) is 1. The van der Waals surface area contributed by atoms with Gasteiger partial charge in [-0.1, -0.05) is 33.1 Å². The SMILES string of the molecule is CCCCOCCOCC(O)CNCC1(CC)CCCC1. The molecule has 2 N–H and O–H groups in total. The van der Waals surface area contributed by atoms with Gasteiger partial charge in [0.2, 0.25) is 0 Å². The molecule has 1 rings (SSSR count). The molecular weight excluding hydrogens is 266 g/mol. The Bertz CT molecular complexity index is 242. The smallest absolute Gasteiger partial charge is 0.0897 e. The van der Waals surface area contributed by atoms with Crippen LogP contribution in [0.1, 0.15) is 58.8 Å². The van der Waals surface area contributed by atoms with Crippen LogP contribution in [0.15, 0.2) is 0 Å². The molecule has 0 spiro atoms. The van der Waals surface area contributed by atoms with E-state index in [9.17, 15) is 5.11 Å². The van der Waals surface area contributed by atoms with Crippen LogP contribution in [0.3, 0.4) is 0 Å². The lowest BCUT2D eigenvalue weighted by atomic mass is 9.83. The molecule has 0 aromatic carbocycles. The zero-order chi connectivity index (χ0) is 15.4. The summed E-state index contributed by atoms with van der Waals surface area (Å²) < 4.78 is 10.8. The van der Waals surface area contributed by atoms with Gasteiger partial charge in [-0.2, -0.15) is 0 Å². The Morgan fingerprint density at radius 1 is 1.10 bits per heavy atom. The maximum Gasteiger partial charge on any atom is 0.0897 e. The molecule has 126 valence electrons. The summed E-state index contributed by atoms with van der Waals surface area (Å²) in [5, 5.41) is 13.3. The fourth-order valence-electron chi connectivity index (χ4n) is 3.03. The molecule has 1 unspecified atom stereocenters. The average Bonchev–Trinajstić information content (AvgIpc) is 2.96. The molecule has 21 heavy (non-hydrogen) atoms. The highest BCUT2D eigenvalue weighted by molar-refractivity contribution is 4.85. The monoisotopic (exact) mass is 301 g/mol. The minimum atomic E-state index is -0.420. The molecule has 0 aliphatic heterocycles. The summed E-state index contributed by atoms with van der Waals surface area (Å²) in [6, 6.07) is 0. The molecule has 0 bridgehead atoms. The first kappa shape index (κ1) is 18.9. The Kier molecular flexibility index (Phi) is 10.3. The van der Waals surface area contributed by atoms with Gasteiger partial charge in [0.25, 0.3) is 0 Å². The average molecular weight is 301 g/mol. The number of ether oxygens (including phenoxy) is 2. The molecule has 0 aromatic rings. The first-order chi connectivity index (χ1) is 10.2. The van der Waals surface area contributed by atoms with Gasteiger partial charge in [0.15, 0.2) is 0 Å². The topological polar surface area (TPSA) is 50.7 Å². The third-order valence-electron chi connectivity index (χ3n) is 4.62. The fourth-order valence-corrected chi connectivity index (χ4v) is 3.03. The van der Waals surface area contributed by atoms with E-state index in [2.05, 4.69) is 19.2 Å². The maximum absolute atomic E-state index is 9.89. The van der Waals surface area contributed by atoms with E-state index < -0.39 is 6.10 Å². The van der Waals surface area contributed by atoms with Gasteiger partial charge in [-0.25, -0.2) is 0 Å². The van der Waals surface area contributed by atoms with Gasteiger partial charge < -0.3 is 19.9 Å². The molecule has 0 amide bonds.